The van der Waals surface area contributed by atoms with E-state index in [1.165, 1.54) is 25.7 Å². The third-order valence-corrected chi connectivity index (χ3v) is 5.16. The Hall–Kier alpha value is -0.730. The average Bonchev–Trinajstić information content (AvgIpc) is 2.55. The number of nitrogens with two attached hydrogens (primary N) is 1. The van der Waals surface area contributed by atoms with Crippen molar-refractivity contribution >= 4 is 36.0 Å². The second-order valence-electron chi connectivity index (χ2n) is 6.85. The lowest BCUT2D eigenvalue weighted by Crippen LogP contribution is -2.48. The van der Waals surface area contributed by atoms with Crippen LogP contribution in [0, 0.1) is 11.8 Å². The van der Waals surface area contributed by atoms with Crippen LogP contribution in [0.25, 0.3) is 0 Å². The summed E-state index contributed by atoms with van der Waals surface area (Å²) in [6, 6.07) is 0.299. The molecule has 7 heteroatoms. The van der Waals surface area contributed by atoms with E-state index in [4.69, 9.17) is 10.5 Å². The van der Waals surface area contributed by atoms with E-state index < -0.39 is 0 Å². The minimum atomic E-state index is -0.209. The standard InChI is InChI=1S/C17H32N4O2.HI/c1-3-23-17(22)21-10-8-15(9-11-21)20-16(18)19-12-14-7-5-4-6-13(14)2;/h13-15H,3-12H2,1-2H3,(H3,18,19,20);1H. The molecule has 0 radical (unpaired) electrons. The van der Waals surface area contributed by atoms with Gasteiger partial charge in [0.05, 0.1) is 6.61 Å². The quantitative estimate of drug-likeness (QED) is 0.391. The molecular weight excluding hydrogens is 419 g/mol. The fourth-order valence-corrected chi connectivity index (χ4v) is 3.56. The zero-order valence-corrected chi connectivity index (χ0v) is 17.3. The summed E-state index contributed by atoms with van der Waals surface area (Å²) < 4.78 is 5.03. The molecule has 0 aromatic heterocycles. The van der Waals surface area contributed by atoms with Crippen molar-refractivity contribution in [2.45, 2.75) is 58.4 Å². The molecule has 1 heterocycles. The van der Waals surface area contributed by atoms with Crippen LogP contribution in [0.1, 0.15) is 52.4 Å². The molecule has 1 saturated heterocycles. The van der Waals surface area contributed by atoms with E-state index in [9.17, 15) is 4.79 Å². The Morgan fingerprint density at radius 1 is 1.25 bits per heavy atom. The molecule has 1 amide bonds. The topological polar surface area (TPSA) is 80.0 Å². The number of ether oxygens (including phenoxy) is 1. The van der Waals surface area contributed by atoms with Gasteiger partial charge in [0.25, 0.3) is 0 Å². The number of carbonyl (C=O) groups excluding carboxylic acids is 1. The van der Waals surface area contributed by atoms with Crippen molar-refractivity contribution in [3.63, 3.8) is 0 Å². The number of guanidine groups is 1. The minimum absolute atomic E-state index is 0. The Bertz CT molecular complexity index is 411. The molecule has 1 aliphatic heterocycles. The van der Waals surface area contributed by atoms with E-state index in [0.29, 0.717) is 37.6 Å². The highest BCUT2D eigenvalue weighted by Gasteiger charge is 2.24. The Morgan fingerprint density at radius 3 is 2.54 bits per heavy atom. The van der Waals surface area contributed by atoms with Gasteiger partial charge in [-0.3, -0.25) is 4.99 Å². The first kappa shape index (κ1) is 21.3. The van der Waals surface area contributed by atoms with Crippen LogP contribution >= 0.6 is 24.0 Å². The molecule has 3 N–H and O–H groups in total. The number of hydrogen-bond donors (Lipinski definition) is 2. The number of nitrogens with one attached hydrogen (secondary N) is 1. The molecule has 2 aliphatic rings. The monoisotopic (exact) mass is 452 g/mol. The molecule has 2 unspecified atom stereocenters. The summed E-state index contributed by atoms with van der Waals surface area (Å²) in [5.41, 5.74) is 6.04. The molecule has 2 atom stereocenters. The summed E-state index contributed by atoms with van der Waals surface area (Å²) in [7, 11) is 0. The molecule has 140 valence electrons. The maximum absolute atomic E-state index is 11.7. The highest BCUT2D eigenvalue weighted by atomic mass is 127. The van der Waals surface area contributed by atoms with Crippen molar-refractivity contribution in [2.75, 3.05) is 26.2 Å². The van der Waals surface area contributed by atoms with Crippen LogP contribution in [0.4, 0.5) is 4.79 Å². The van der Waals surface area contributed by atoms with Crippen molar-refractivity contribution in [3.8, 4) is 0 Å². The van der Waals surface area contributed by atoms with Crippen molar-refractivity contribution in [3.05, 3.63) is 0 Å². The van der Waals surface area contributed by atoms with Gasteiger partial charge in [0.15, 0.2) is 5.96 Å². The van der Waals surface area contributed by atoms with E-state index >= 15 is 0 Å². The lowest BCUT2D eigenvalue weighted by atomic mass is 9.80. The summed E-state index contributed by atoms with van der Waals surface area (Å²) >= 11 is 0. The molecule has 0 bridgehead atoms. The Kier molecular flexibility index (Phi) is 9.76. The summed E-state index contributed by atoms with van der Waals surface area (Å²) in [6.07, 6.45) is 6.83. The van der Waals surface area contributed by atoms with Crippen LogP contribution in [0.3, 0.4) is 0 Å². The van der Waals surface area contributed by atoms with Gasteiger partial charge in [0.2, 0.25) is 0 Å². The van der Waals surface area contributed by atoms with Gasteiger partial charge in [-0.2, -0.15) is 0 Å². The van der Waals surface area contributed by atoms with Crippen LogP contribution in [-0.4, -0.2) is 49.2 Å². The normalized spacial score (nSPS) is 25.8. The number of likely N-dealkylation sites (tertiary alicyclic amines) is 1. The van der Waals surface area contributed by atoms with Gasteiger partial charge in [-0.05, 0) is 38.0 Å². The predicted molar refractivity (Wildman–Crippen MR) is 108 cm³/mol. The number of amides is 1. The average molecular weight is 452 g/mol. The number of carbonyl (C=O) groups is 1. The fraction of sp³-hybridized carbons (Fsp3) is 0.882. The van der Waals surface area contributed by atoms with E-state index in [1.54, 1.807) is 4.90 Å². The first-order valence-corrected chi connectivity index (χ1v) is 9.08. The lowest BCUT2D eigenvalue weighted by Gasteiger charge is -2.32. The third kappa shape index (κ3) is 6.64. The molecule has 6 nitrogen and oxygen atoms in total. The lowest BCUT2D eigenvalue weighted by molar-refractivity contribution is 0.0963. The zero-order chi connectivity index (χ0) is 16.7. The van der Waals surface area contributed by atoms with Crippen LogP contribution in [0.15, 0.2) is 4.99 Å². The minimum Gasteiger partial charge on any atom is -0.450 e. The molecule has 0 aromatic rings. The van der Waals surface area contributed by atoms with Gasteiger partial charge >= 0.3 is 6.09 Å². The Balaban J connectivity index is 0.00000288. The van der Waals surface area contributed by atoms with Crippen LogP contribution < -0.4 is 11.1 Å². The predicted octanol–water partition coefficient (Wildman–Crippen LogP) is 2.96. The number of halogens is 1. The maximum Gasteiger partial charge on any atom is 0.409 e. The smallest absolute Gasteiger partial charge is 0.409 e. The SMILES string of the molecule is CCOC(=O)N1CCC(NC(N)=NCC2CCCCC2C)CC1.I. The van der Waals surface area contributed by atoms with Crippen molar-refractivity contribution in [1.29, 1.82) is 0 Å². The first-order chi connectivity index (χ1) is 11.1. The highest BCUT2D eigenvalue weighted by molar-refractivity contribution is 14.0. The molecule has 1 aliphatic carbocycles. The second kappa shape index (κ2) is 11.0. The summed E-state index contributed by atoms with van der Waals surface area (Å²) in [5.74, 6) is 1.99. The van der Waals surface area contributed by atoms with E-state index in [2.05, 4.69) is 17.2 Å². The van der Waals surface area contributed by atoms with Gasteiger partial charge in [-0.15, -0.1) is 24.0 Å². The highest BCUT2D eigenvalue weighted by Crippen LogP contribution is 2.29. The molecule has 0 spiro atoms. The third-order valence-electron chi connectivity index (χ3n) is 5.16. The number of nitrogens with zero attached hydrogens (tertiary/aromatic N) is 2. The van der Waals surface area contributed by atoms with Crippen molar-refractivity contribution < 1.29 is 9.53 Å². The fourth-order valence-electron chi connectivity index (χ4n) is 3.56. The number of aliphatic imine (C=N–C) groups is 1. The number of hydrogen-bond acceptors (Lipinski definition) is 3. The Labute approximate surface area is 163 Å². The summed E-state index contributed by atoms with van der Waals surface area (Å²) in [6.45, 7) is 6.84. The summed E-state index contributed by atoms with van der Waals surface area (Å²) in [4.78, 5) is 18.0. The second-order valence-corrected chi connectivity index (χ2v) is 6.85. The van der Waals surface area contributed by atoms with Crippen molar-refractivity contribution in [2.24, 2.45) is 22.6 Å². The molecular formula is C17H33IN4O2. The van der Waals surface area contributed by atoms with E-state index in [-0.39, 0.29) is 30.1 Å². The van der Waals surface area contributed by atoms with E-state index in [1.807, 2.05) is 6.92 Å². The summed E-state index contributed by atoms with van der Waals surface area (Å²) in [5, 5.41) is 3.31. The van der Waals surface area contributed by atoms with Crippen LogP contribution in [0.5, 0.6) is 0 Å². The molecule has 2 rings (SSSR count). The number of rotatable bonds is 4. The molecule has 1 saturated carbocycles. The van der Waals surface area contributed by atoms with Gasteiger partial charge < -0.3 is 20.7 Å². The molecule has 2 fully saturated rings. The van der Waals surface area contributed by atoms with Gasteiger partial charge in [-0.25, -0.2) is 4.79 Å². The van der Waals surface area contributed by atoms with E-state index in [0.717, 1.165) is 25.3 Å². The van der Waals surface area contributed by atoms with Crippen LogP contribution in [-0.2, 0) is 4.74 Å². The Morgan fingerprint density at radius 2 is 1.92 bits per heavy atom. The first-order valence-electron chi connectivity index (χ1n) is 9.08. The number of piperidine rings is 1. The largest absolute Gasteiger partial charge is 0.450 e. The molecule has 24 heavy (non-hydrogen) atoms. The van der Waals surface area contributed by atoms with Gasteiger partial charge in [0, 0.05) is 25.7 Å². The maximum atomic E-state index is 11.7. The molecule has 0 aromatic carbocycles. The zero-order valence-electron chi connectivity index (χ0n) is 15.0. The van der Waals surface area contributed by atoms with Crippen LogP contribution in [0.2, 0.25) is 0 Å². The van der Waals surface area contributed by atoms with Gasteiger partial charge in [-0.1, -0.05) is 26.2 Å². The van der Waals surface area contributed by atoms with Crippen molar-refractivity contribution in [1.82, 2.24) is 10.2 Å². The van der Waals surface area contributed by atoms with Gasteiger partial charge in [0.1, 0.15) is 0 Å².